The number of halogens is 1. The molecule has 0 aliphatic carbocycles. The summed E-state index contributed by atoms with van der Waals surface area (Å²) in [6.07, 6.45) is 0. The van der Waals surface area contributed by atoms with E-state index in [0.29, 0.717) is 27.7 Å². The fourth-order valence-corrected chi connectivity index (χ4v) is 3.78. The highest BCUT2D eigenvalue weighted by Gasteiger charge is 2.19. The van der Waals surface area contributed by atoms with Crippen molar-refractivity contribution >= 4 is 49.6 Å². The van der Waals surface area contributed by atoms with Crippen molar-refractivity contribution in [3.05, 3.63) is 101 Å². The van der Waals surface area contributed by atoms with Gasteiger partial charge < -0.3 is 9.15 Å². The van der Waals surface area contributed by atoms with Crippen LogP contribution in [-0.4, -0.2) is 23.3 Å². The van der Waals surface area contributed by atoms with Crippen LogP contribution in [0.1, 0.15) is 20.9 Å². The van der Waals surface area contributed by atoms with E-state index < -0.39 is 18.4 Å². The predicted octanol–water partition coefficient (Wildman–Crippen LogP) is 6.45. The van der Waals surface area contributed by atoms with Crippen molar-refractivity contribution in [2.75, 3.05) is 6.61 Å². The molecule has 0 radical (unpaired) electrons. The van der Waals surface area contributed by atoms with Crippen LogP contribution in [0.4, 0.5) is 0 Å². The average Bonchev–Trinajstić information content (AvgIpc) is 3.26. The molecule has 2 heterocycles. The topological polar surface area (TPSA) is 69.4 Å². The monoisotopic (exact) mass is 485 g/mol. The molecule has 5 rings (SSSR count). The van der Waals surface area contributed by atoms with E-state index in [0.717, 1.165) is 15.4 Å². The third-order valence-electron chi connectivity index (χ3n) is 5.11. The number of furan rings is 1. The Balaban J connectivity index is 1.43. The zero-order valence-corrected chi connectivity index (χ0v) is 18.3. The second-order valence-corrected chi connectivity index (χ2v) is 8.14. The molecular formula is C26H16BrNO4. The number of para-hydroxylation sites is 2. The van der Waals surface area contributed by atoms with E-state index in [1.165, 1.54) is 0 Å². The molecule has 5 nitrogen and oxygen atoms in total. The largest absolute Gasteiger partial charge is 0.454 e. The molecule has 0 N–H and O–H groups in total. The van der Waals surface area contributed by atoms with E-state index >= 15 is 0 Å². The number of hydrogen-bond donors (Lipinski definition) is 0. The van der Waals surface area contributed by atoms with E-state index in [-0.39, 0.29) is 5.76 Å². The molecule has 0 saturated heterocycles. The summed E-state index contributed by atoms with van der Waals surface area (Å²) in [5.74, 6) is -0.832. The van der Waals surface area contributed by atoms with Crippen LogP contribution in [0.3, 0.4) is 0 Å². The Morgan fingerprint density at radius 1 is 0.906 bits per heavy atom. The molecule has 0 spiro atoms. The van der Waals surface area contributed by atoms with Crippen molar-refractivity contribution in [2.45, 2.75) is 0 Å². The second kappa shape index (κ2) is 8.40. The number of carbonyl (C=O) groups is 2. The molecule has 0 unspecified atom stereocenters. The van der Waals surface area contributed by atoms with E-state index in [1.54, 1.807) is 18.2 Å². The highest BCUT2D eigenvalue weighted by Crippen LogP contribution is 2.27. The summed E-state index contributed by atoms with van der Waals surface area (Å²) in [6.45, 7) is -0.414. The maximum atomic E-state index is 13.0. The number of carbonyl (C=O) groups excluding carboxylic acids is 2. The summed E-state index contributed by atoms with van der Waals surface area (Å²) >= 11 is 3.43. The minimum absolute atomic E-state index is 0.161. The van der Waals surface area contributed by atoms with Gasteiger partial charge in [0, 0.05) is 20.8 Å². The summed E-state index contributed by atoms with van der Waals surface area (Å²) in [4.78, 5) is 30.2. The first-order valence-electron chi connectivity index (χ1n) is 9.93. The molecule has 0 fully saturated rings. The number of nitrogens with zero attached hydrogens (tertiary/aromatic N) is 1. The summed E-state index contributed by atoms with van der Waals surface area (Å²) in [7, 11) is 0. The van der Waals surface area contributed by atoms with Gasteiger partial charge in [-0.1, -0.05) is 64.5 Å². The van der Waals surface area contributed by atoms with Gasteiger partial charge in [-0.25, -0.2) is 9.78 Å². The number of esters is 1. The number of Topliss-reactive ketones (excluding diaryl/α,β-unsaturated/α-hetero) is 1. The summed E-state index contributed by atoms with van der Waals surface area (Å²) in [5.41, 5.74) is 3.15. The van der Waals surface area contributed by atoms with Gasteiger partial charge in [0.1, 0.15) is 5.58 Å². The molecule has 0 aliphatic heterocycles. The highest BCUT2D eigenvalue weighted by atomic mass is 79.9. The Bertz CT molecular complexity index is 1440. The second-order valence-electron chi connectivity index (χ2n) is 7.23. The molecule has 2 aromatic heterocycles. The van der Waals surface area contributed by atoms with Gasteiger partial charge in [-0.3, -0.25) is 4.79 Å². The lowest BCUT2D eigenvalue weighted by Gasteiger charge is -2.10. The zero-order valence-electron chi connectivity index (χ0n) is 16.7. The Morgan fingerprint density at radius 3 is 2.47 bits per heavy atom. The summed E-state index contributed by atoms with van der Waals surface area (Å²) in [6, 6.07) is 25.7. The van der Waals surface area contributed by atoms with Crippen LogP contribution in [0.2, 0.25) is 0 Å². The molecule has 32 heavy (non-hydrogen) atoms. The number of pyridine rings is 1. The molecule has 156 valence electrons. The van der Waals surface area contributed by atoms with Gasteiger partial charge in [0.2, 0.25) is 5.78 Å². The minimum atomic E-state index is -0.591. The lowest BCUT2D eigenvalue weighted by atomic mass is 10.0. The van der Waals surface area contributed by atoms with Crippen molar-refractivity contribution in [3.63, 3.8) is 0 Å². The highest BCUT2D eigenvalue weighted by molar-refractivity contribution is 9.10. The smallest absolute Gasteiger partial charge is 0.339 e. The molecule has 0 atom stereocenters. The summed E-state index contributed by atoms with van der Waals surface area (Å²) in [5, 5.41) is 1.48. The number of rotatable bonds is 5. The molecule has 0 amide bonds. The van der Waals surface area contributed by atoms with Crippen molar-refractivity contribution in [2.24, 2.45) is 0 Å². The maximum absolute atomic E-state index is 13.0. The van der Waals surface area contributed by atoms with Crippen LogP contribution in [0.25, 0.3) is 33.1 Å². The first kappa shape index (κ1) is 20.2. The van der Waals surface area contributed by atoms with E-state index in [2.05, 4.69) is 20.9 Å². The quantitative estimate of drug-likeness (QED) is 0.211. The normalized spacial score (nSPS) is 11.0. The number of ether oxygens (including phenoxy) is 1. The number of ketones is 1. The molecule has 5 aromatic rings. The van der Waals surface area contributed by atoms with Gasteiger partial charge in [0.15, 0.2) is 12.4 Å². The van der Waals surface area contributed by atoms with Gasteiger partial charge in [-0.05, 0) is 36.4 Å². The molecule has 0 saturated carbocycles. The van der Waals surface area contributed by atoms with Crippen LogP contribution in [0.5, 0.6) is 0 Å². The summed E-state index contributed by atoms with van der Waals surface area (Å²) < 4.78 is 11.9. The SMILES string of the molecule is O=C(COC(=O)c1cc(-c2ccc(Br)cc2)nc2ccccc12)c1cc2ccccc2o1. The number of fused-ring (bicyclic) bond motifs is 2. The predicted molar refractivity (Wildman–Crippen MR) is 126 cm³/mol. The van der Waals surface area contributed by atoms with E-state index in [4.69, 9.17) is 9.15 Å². The molecular weight excluding hydrogens is 470 g/mol. The lowest BCUT2D eigenvalue weighted by Crippen LogP contribution is -2.14. The first-order valence-corrected chi connectivity index (χ1v) is 10.7. The van der Waals surface area contributed by atoms with Gasteiger partial charge in [-0.2, -0.15) is 0 Å². The van der Waals surface area contributed by atoms with Gasteiger partial charge in [-0.15, -0.1) is 0 Å². The third kappa shape index (κ3) is 3.92. The number of hydrogen-bond acceptors (Lipinski definition) is 5. The van der Waals surface area contributed by atoms with Crippen LogP contribution in [0.15, 0.2) is 93.8 Å². The maximum Gasteiger partial charge on any atom is 0.339 e. The van der Waals surface area contributed by atoms with Crippen molar-refractivity contribution < 1.29 is 18.7 Å². The lowest BCUT2D eigenvalue weighted by molar-refractivity contribution is 0.0470. The first-order chi connectivity index (χ1) is 15.6. The molecule has 6 heteroatoms. The van der Waals surface area contributed by atoms with Gasteiger partial charge in [0.25, 0.3) is 0 Å². The van der Waals surface area contributed by atoms with Crippen molar-refractivity contribution in [1.82, 2.24) is 4.98 Å². The Kier molecular flexibility index (Phi) is 5.29. The number of benzene rings is 3. The molecule has 0 aliphatic rings. The Hall–Kier alpha value is -3.77. The minimum Gasteiger partial charge on any atom is -0.454 e. The third-order valence-corrected chi connectivity index (χ3v) is 5.64. The van der Waals surface area contributed by atoms with E-state index in [1.807, 2.05) is 66.7 Å². The standard InChI is InChI=1S/C26H16BrNO4/c27-18-11-9-16(10-12-18)22-14-20(19-6-2-3-7-21(19)28-22)26(30)31-15-23(29)25-13-17-5-1-4-8-24(17)32-25/h1-14H,15H2. The fraction of sp³-hybridized carbons (Fsp3) is 0.0385. The van der Waals surface area contributed by atoms with Crippen LogP contribution >= 0.6 is 15.9 Å². The van der Waals surface area contributed by atoms with Crippen LogP contribution < -0.4 is 0 Å². The Labute approximate surface area is 191 Å². The average molecular weight is 486 g/mol. The van der Waals surface area contributed by atoms with Gasteiger partial charge in [0.05, 0.1) is 16.8 Å². The van der Waals surface area contributed by atoms with Crippen LogP contribution in [-0.2, 0) is 4.74 Å². The Morgan fingerprint density at radius 2 is 1.66 bits per heavy atom. The zero-order chi connectivity index (χ0) is 22.1. The fourth-order valence-electron chi connectivity index (χ4n) is 3.51. The van der Waals surface area contributed by atoms with Crippen molar-refractivity contribution in [3.8, 4) is 11.3 Å². The van der Waals surface area contributed by atoms with Crippen LogP contribution in [0, 0.1) is 0 Å². The molecule has 3 aromatic carbocycles. The number of aromatic nitrogens is 1. The molecule has 0 bridgehead atoms. The van der Waals surface area contributed by atoms with Crippen molar-refractivity contribution in [1.29, 1.82) is 0 Å². The van der Waals surface area contributed by atoms with Gasteiger partial charge >= 0.3 is 5.97 Å². The van der Waals surface area contributed by atoms with E-state index in [9.17, 15) is 9.59 Å².